The summed E-state index contributed by atoms with van der Waals surface area (Å²) in [4.78, 5) is 13.3. The molecule has 0 spiro atoms. The van der Waals surface area contributed by atoms with E-state index in [0.29, 0.717) is 11.3 Å². The molecule has 0 aromatic heterocycles. The highest BCUT2D eigenvalue weighted by atomic mass is 32.2. The van der Waals surface area contributed by atoms with Gasteiger partial charge in [0.05, 0.1) is 0 Å². The number of thioether (sulfide) groups is 1. The third-order valence-electron chi connectivity index (χ3n) is 2.84. The Balaban J connectivity index is 2.15. The summed E-state index contributed by atoms with van der Waals surface area (Å²) in [5, 5.41) is 2.88. The highest BCUT2D eigenvalue weighted by Crippen LogP contribution is 2.19. The molecule has 0 bridgehead atoms. The van der Waals surface area contributed by atoms with E-state index in [4.69, 9.17) is 5.73 Å². The molecular weight excluding hydrogens is 256 g/mol. The number of aryl methyl sites for hydroxylation is 1. The number of carbonyl (C=O) groups excluding carboxylic acids is 1. The van der Waals surface area contributed by atoms with Gasteiger partial charge in [0.15, 0.2) is 0 Å². The van der Waals surface area contributed by atoms with Crippen LogP contribution in [0.3, 0.4) is 0 Å². The molecule has 0 heterocycles. The van der Waals surface area contributed by atoms with E-state index >= 15 is 0 Å². The standard InChI is InChI=1S/C15H16N2OS/c1-10-9-11(16)3-8-14(10)15(18)17-12-4-6-13(19-2)7-5-12/h3-9H,16H2,1-2H3,(H,17,18). The molecule has 0 fully saturated rings. The number of carbonyl (C=O) groups is 1. The molecule has 0 aliphatic carbocycles. The van der Waals surface area contributed by atoms with Crippen LogP contribution in [0.2, 0.25) is 0 Å². The van der Waals surface area contributed by atoms with Crippen LogP contribution < -0.4 is 11.1 Å². The lowest BCUT2D eigenvalue weighted by atomic mass is 10.1. The Labute approximate surface area is 117 Å². The van der Waals surface area contributed by atoms with Crippen molar-refractivity contribution >= 4 is 29.0 Å². The molecule has 4 heteroatoms. The van der Waals surface area contributed by atoms with Crippen molar-refractivity contribution in [2.24, 2.45) is 0 Å². The van der Waals surface area contributed by atoms with Gasteiger partial charge in [-0.1, -0.05) is 0 Å². The Morgan fingerprint density at radius 1 is 1.16 bits per heavy atom. The van der Waals surface area contributed by atoms with Crippen LogP contribution in [0.15, 0.2) is 47.4 Å². The molecule has 1 amide bonds. The topological polar surface area (TPSA) is 55.1 Å². The smallest absolute Gasteiger partial charge is 0.255 e. The minimum Gasteiger partial charge on any atom is -0.399 e. The SMILES string of the molecule is CSc1ccc(NC(=O)c2ccc(N)cc2C)cc1. The number of rotatable bonds is 3. The molecule has 98 valence electrons. The Morgan fingerprint density at radius 3 is 2.42 bits per heavy atom. The first-order valence-corrected chi connectivity index (χ1v) is 7.14. The first-order chi connectivity index (χ1) is 9.10. The highest BCUT2D eigenvalue weighted by Gasteiger charge is 2.09. The molecule has 0 saturated carbocycles. The van der Waals surface area contributed by atoms with Crippen molar-refractivity contribution in [2.45, 2.75) is 11.8 Å². The van der Waals surface area contributed by atoms with Crippen molar-refractivity contribution in [3.05, 3.63) is 53.6 Å². The predicted molar refractivity (Wildman–Crippen MR) is 81.8 cm³/mol. The van der Waals surface area contributed by atoms with E-state index in [9.17, 15) is 4.79 Å². The van der Waals surface area contributed by atoms with Crippen LogP contribution in [-0.2, 0) is 0 Å². The number of benzene rings is 2. The minimum absolute atomic E-state index is 0.116. The van der Waals surface area contributed by atoms with Gasteiger partial charge in [-0.2, -0.15) is 0 Å². The van der Waals surface area contributed by atoms with Crippen LogP contribution in [0.1, 0.15) is 15.9 Å². The normalized spacial score (nSPS) is 10.2. The summed E-state index contributed by atoms with van der Waals surface area (Å²) in [7, 11) is 0. The average molecular weight is 272 g/mol. The zero-order chi connectivity index (χ0) is 13.8. The Bertz CT molecular complexity index is 594. The first kappa shape index (κ1) is 13.5. The van der Waals surface area contributed by atoms with Crippen molar-refractivity contribution in [1.29, 1.82) is 0 Å². The van der Waals surface area contributed by atoms with E-state index in [0.717, 1.165) is 11.3 Å². The largest absolute Gasteiger partial charge is 0.399 e. The summed E-state index contributed by atoms with van der Waals surface area (Å²) in [5.41, 5.74) is 8.65. The monoisotopic (exact) mass is 272 g/mol. The molecule has 0 atom stereocenters. The quantitative estimate of drug-likeness (QED) is 0.663. The van der Waals surface area contributed by atoms with Gasteiger partial charge in [-0.05, 0) is 61.2 Å². The number of amides is 1. The molecule has 3 nitrogen and oxygen atoms in total. The van der Waals surface area contributed by atoms with E-state index in [-0.39, 0.29) is 5.91 Å². The van der Waals surface area contributed by atoms with E-state index in [1.807, 2.05) is 37.4 Å². The summed E-state index contributed by atoms with van der Waals surface area (Å²) in [6, 6.07) is 13.0. The second-order valence-electron chi connectivity index (χ2n) is 4.26. The van der Waals surface area contributed by atoms with Gasteiger partial charge in [-0.15, -0.1) is 11.8 Å². The molecule has 3 N–H and O–H groups in total. The molecule has 0 aliphatic rings. The lowest BCUT2D eigenvalue weighted by Gasteiger charge is -2.08. The van der Waals surface area contributed by atoms with Crippen LogP contribution in [-0.4, -0.2) is 12.2 Å². The number of nitrogens with two attached hydrogens (primary N) is 1. The fourth-order valence-electron chi connectivity index (χ4n) is 1.81. The third-order valence-corrected chi connectivity index (χ3v) is 3.59. The number of anilines is 2. The summed E-state index contributed by atoms with van der Waals surface area (Å²) in [5.74, 6) is -0.116. The van der Waals surface area contributed by atoms with Crippen molar-refractivity contribution in [3.8, 4) is 0 Å². The van der Waals surface area contributed by atoms with E-state index < -0.39 is 0 Å². The summed E-state index contributed by atoms with van der Waals surface area (Å²) in [6.07, 6.45) is 2.02. The molecule has 0 radical (unpaired) electrons. The van der Waals surface area contributed by atoms with Gasteiger partial charge in [0.2, 0.25) is 0 Å². The van der Waals surface area contributed by atoms with Crippen LogP contribution in [0, 0.1) is 6.92 Å². The zero-order valence-corrected chi connectivity index (χ0v) is 11.8. The molecule has 2 aromatic carbocycles. The molecule has 19 heavy (non-hydrogen) atoms. The lowest BCUT2D eigenvalue weighted by molar-refractivity contribution is 0.102. The van der Waals surface area contributed by atoms with Crippen LogP contribution in [0.4, 0.5) is 11.4 Å². The van der Waals surface area contributed by atoms with E-state index in [1.54, 1.807) is 30.0 Å². The Hall–Kier alpha value is -1.94. The number of nitrogens with one attached hydrogen (secondary N) is 1. The second kappa shape index (κ2) is 5.80. The minimum atomic E-state index is -0.116. The maximum Gasteiger partial charge on any atom is 0.255 e. The van der Waals surface area contributed by atoms with E-state index in [2.05, 4.69) is 5.32 Å². The molecular formula is C15H16N2OS. The van der Waals surface area contributed by atoms with Crippen molar-refractivity contribution in [3.63, 3.8) is 0 Å². The Morgan fingerprint density at radius 2 is 1.84 bits per heavy atom. The maximum absolute atomic E-state index is 12.1. The molecule has 2 aromatic rings. The van der Waals surface area contributed by atoms with Gasteiger partial charge in [0.25, 0.3) is 5.91 Å². The van der Waals surface area contributed by atoms with E-state index in [1.165, 1.54) is 4.90 Å². The fourth-order valence-corrected chi connectivity index (χ4v) is 2.22. The van der Waals surface area contributed by atoms with Crippen LogP contribution >= 0.6 is 11.8 Å². The third kappa shape index (κ3) is 3.29. The van der Waals surface area contributed by atoms with Gasteiger partial charge in [-0.25, -0.2) is 0 Å². The summed E-state index contributed by atoms with van der Waals surface area (Å²) >= 11 is 1.67. The second-order valence-corrected chi connectivity index (χ2v) is 5.14. The van der Waals surface area contributed by atoms with Crippen molar-refractivity contribution < 1.29 is 4.79 Å². The van der Waals surface area contributed by atoms with Gasteiger partial charge in [-0.3, -0.25) is 4.79 Å². The number of hydrogen-bond acceptors (Lipinski definition) is 3. The summed E-state index contributed by atoms with van der Waals surface area (Å²) < 4.78 is 0. The number of nitrogen functional groups attached to an aromatic ring is 1. The maximum atomic E-state index is 12.1. The predicted octanol–water partition coefficient (Wildman–Crippen LogP) is 3.55. The highest BCUT2D eigenvalue weighted by molar-refractivity contribution is 7.98. The first-order valence-electron chi connectivity index (χ1n) is 5.91. The van der Waals surface area contributed by atoms with Crippen LogP contribution in [0.25, 0.3) is 0 Å². The number of hydrogen-bond donors (Lipinski definition) is 2. The fraction of sp³-hybridized carbons (Fsp3) is 0.133. The van der Waals surface area contributed by atoms with Crippen molar-refractivity contribution in [1.82, 2.24) is 0 Å². The van der Waals surface area contributed by atoms with Crippen molar-refractivity contribution in [2.75, 3.05) is 17.3 Å². The molecule has 0 unspecified atom stereocenters. The Kier molecular flexibility index (Phi) is 4.12. The average Bonchev–Trinajstić information content (AvgIpc) is 2.39. The van der Waals surface area contributed by atoms with Gasteiger partial charge in [0.1, 0.15) is 0 Å². The summed E-state index contributed by atoms with van der Waals surface area (Å²) in [6.45, 7) is 1.88. The van der Waals surface area contributed by atoms with Gasteiger partial charge >= 0.3 is 0 Å². The molecule has 2 rings (SSSR count). The van der Waals surface area contributed by atoms with Gasteiger partial charge < -0.3 is 11.1 Å². The van der Waals surface area contributed by atoms with Gasteiger partial charge in [0, 0.05) is 21.8 Å². The lowest BCUT2D eigenvalue weighted by Crippen LogP contribution is -2.13. The van der Waals surface area contributed by atoms with Crippen LogP contribution in [0.5, 0.6) is 0 Å². The molecule has 0 saturated heterocycles. The zero-order valence-electron chi connectivity index (χ0n) is 10.9. The molecule has 0 aliphatic heterocycles.